The lowest BCUT2D eigenvalue weighted by Gasteiger charge is -2.40. The minimum Gasteiger partial charge on any atom is -0.298 e. The third kappa shape index (κ3) is 3.20. The number of pyridine rings is 1. The summed E-state index contributed by atoms with van der Waals surface area (Å²) in [5.74, 6) is 0.576. The molecule has 0 aromatic carbocycles. The number of hydrogen-bond acceptors (Lipinski definition) is 2. The van der Waals surface area contributed by atoms with E-state index in [0.29, 0.717) is 11.1 Å². The first-order chi connectivity index (χ1) is 7.97. The van der Waals surface area contributed by atoms with E-state index in [4.69, 9.17) is 11.6 Å². The molecule has 1 aliphatic heterocycles. The van der Waals surface area contributed by atoms with Crippen molar-refractivity contribution in [3.8, 4) is 0 Å². The first-order valence-electron chi connectivity index (χ1n) is 6.34. The van der Waals surface area contributed by atoms with Crippen molar-refractivity contribution in [2.24, 2.45) is 0 Å². The van der Waals surface area contributed by atoms with Crippen LogP contribution in [0, 0.1) is 0 Å². The SMILES string of the molecule is CC(C)(C)N1CCC(c2cccc(Cl)n2)CC1. The van der Waals surface area contributed by atoms with Gasteiger partial charge in [-0.1, -0.05) is 17.7 Å². The van der Waals surface area contributed by atoms with Crippen LogP contribution >= 0.6 is 11.6 Å². The monoisotopic (exact) mass is 252 g/mol. The van der Waals surface area contributed by atoms with Crippen molar-refractivity contribution in [1.82, 2.24) is 9.88 Å². The Hall–Kier alpha value is -0.600. The number of likely N-dealkylation sites (tertiary alicyclic amines) is 1. The van der Waals surface area contributed by atoms with Gasteiger partial charge in [0.25, 0.3) is 0 Å². The van der Waals surface area contributed by atoms with Crippen LogP contribution in [0.5, 0.6) is 0 Å². The van der Waals surface area contributed by atoms with Crippen LogP contribution in [-0.4, -0.2) is 28.5 Å². The van der Waals surface area contributed by atoms with Gasteiger partial charge in [0.05, 0.1) is 0 Å². The summed E-state index contributed by atoms with van der Waals surface area (Å²) in [5, 5.41) is 0.612. The van der Waals surface area contributed by atoms with Gasteiger partial charge in [-0.25, -0.2) is 4.98 Å². The van der Waals surface area contributed by atoms with Gasteiger partial charge in [0.2, 0.25) is 0 Å². The van der Waals surface area contributed by atoms with Crippen molar-refractivity contribution in [2.45, 2.75) is 45.1 Å². The fourth-order valence-electron chi connectivity index (χ4n) is 2.50. The Balaban J connectivity index is 2.00. The predicted molar refractivity (Wildman–Crippen MR) is 72.5 cm³/mol. The molecule has 1 saturated heterocycles. The first kappa shape index (κ1) is 12.8. The number of piperidine rings is 1. The molecule has 2 nitrogen and oxygen atoms in total. The lowest BCUT2D eigenvalue weighted by Crippen LogP contribution is -2.45. The number of nitrogens with zero attached hydrogens (tertiary/aromatic N) is 2. The molecule has 1 fully saturated rings. The summed E-state index contributed by atoms with van der Waals surface area (Å²) < 4.78 is 0. The Morgan fingerprint density at radius 3 is 2.41 bits per heavy atom. The summed E-state index contributed by atoms with van der Waals surface area (Å²) in [6.45, 7) is 9.16. The maximum Gasteiger partial charge on any atom is 0.129 e. The van der Waals surface area contributed by atoms with Crippen molar-refractivity contribution in [3.63, 3.8) is 0 Å². The Kier molecular flexibility index (Phi) is 3.74. The maximum atomic E-state index is 5.94. The Morgan fingerprint density at radius 2 is 1.88 bits per heavy atom. The molecule has 0 bridgehead atoms. The third-order valence-corrected chi connectivity index (χ3v) is 3.81. The summed E-state index contributed by atoms with van der Waals surface area (Å²) in [6.07, 6.45) is 2.37. The van der Waals surface area contributed by atoms with E-state index in [9.17, 15) is 0 Å². The van der Waals surface area contributed by atoms with Gasteiger partial charge >= 0.3 is 0 Å². The highest BCUT2D eigenvalue weighted by molar-refractivity contribution is 6.29. The van der Waals surface area contributed by atoms with Gasteiger partial charge in [-0.05, 0) is 58.8 Å². The lowest BCUT2D eigenvalue weighted by molar-refractivity contribution is 0.102. The molecule has 3 heteroatoms. The van der Waals surface area contributed by atoms with Crippen molar-refractivity contribution < 1.29 is 0 Å². The molecule has 0 N–H and O–H groups in total. The Morgan fingerprint density at radius 1 is 1.24 bits per heavy atom. The van der Waals surface area contributed by atoms with Crippen LogP contribution in [0.25, 0.3) is 0 Å². The zero-order valence-electron chi connectivity index (χ0n) is 10.9. The molecular weight excluding hydrogens is 232 g/mol. The standard InChI is InChI=1S/C14H21ClN2/c1-14(2,3)17-9-7-11(8-10-17)12-5-4-6-13(15)16-12/h4-6,11H,7-10H2,1-3H3. The predicted octanol–water partition coefficient (Wildman–Crippen LogP) is 3.71. The van der Waals surface area contributed by atoms with E-state index in [2.05, 4.69) is 36.7 Å². The van der Waals surface area contributed by atoms with Crippen LogP contribution in [0.3, 0.4) is 0 Å². The van der Waals surface area contributed by atoms with Crippen LogP contribution in [0.4, 0.5) is 0 Å². The summed E-state index contributed by atoms with van der Waals surface area (Å²) >= 11 is 5.94. The molecule has 0 saturated carbocycles. The van der Waals surface area contributed by atoms with Crippen LogP contribution in [0.2, 0.25) is 5.15 Å². The van der Waals surface area contributed by atoms with Crippen molar-refractivity contribution in [1.29, 1.82) is 0 Å². The van der Waals surface area contributed by atoms with Crippen molar-refractivity contribution in [3.05, 3.63) is 29.0 Å². The van der Waals surface area contributed by atoms with Gasteiger partial charge in [-0.3, -0.25) is 4.90 Å². The van der Waals surface area contributed by atoms with Crippen LogP contribution in [-0.2, 0) is 0 Å². The second kappa shape index (κ2) is 4.95. The summed E-state index contributed by atoms with van der Waals surface area (Å²) in [5.41, 5.74) is 1.44. The van der Waals surface area contributed by atoms with E-state index in [1.165, 1.54) is 12.8 Å². The smallest absolute Gasteiger partial charge is 0.129 e. The topological polar surface area (TPSA) is 16.1 Å². The average Bonchev–Trinajstić information content (AvgIpc) is 2.28. The van der Waals surface area contributed by atoms with E-state index >= 15 is 0 Å². The highest BCUT2D eigenvalue weighted by Crippen LogP contribution is 2.30. The zero-order chi connectivity index (χ0) is 12.5. The molecule has 0 spiro atoms. The van der Waals surface area contributed by atoms with E-state index in [0.717, 1.165) is 18.8 Å². The molecule has 94 valence electrons. The summed E-state index contributed by atoms with van der Waals surface area (Å²) in [6, 6.07) is 5.94. The summed E-state index contributed by atoms with van der Waals surface area (Å²) in [7, 11) is 0. The van der Waals surface area contributed by atoms with Gasteiger partial charge < -0.3 is 0 Å². The molecule has 2 heterocycles. The molecule has 1 aliphatic rings. The van der Waals surface area contributed by atoms with Crippen LogP contribution < -0.4 is 0 Å². The number of halogens is 1. The second-order valence-electron chi connectivity index (χ2n) is 5.82. The molecule has 0 amide bonds. The van der Waals surface area contributed by atoms with Gasteiger partial charge in [0, 0.05) is 17.2 Å². The average molecular weight is 253 g/mol. The molecule has 1 aromatic rings. The molecule has 0 unspecified atom stereocenters. The normalized spacial score (nSPS) is 19.5. The second-order valence-corrected chi connectivity index (χ2v) is 6.20. The molecule has 17 heavy (non-hydrogen) atoms. The van der Waals surface area contributed by atoms with Gasteiger partial charge in [-0.15, -0.1) is 0 Å². The quantitative estimate of drug-likeness (QED) is 0.709. The van der Waals surface area contributed by atoms with Crippen LogP contribution in [0.15, 0.2) is 18.2 Å². The maximum absolute atomic E-state index is 5.94. The fraction of sp³-hybridized carbons (Fsp3) is 0.643. The van der Waals surface area contributed by atoms with Crippen LogP contribution in [0.1, 0.15) is 45.2 Å². The largest absolute Gasteiger partial charge is 0.298 e. The van der Waals surface area contributed by atoms with Crippen molar-refractivity contribution in [2.75, 3.05) is 13.1 Å². The van der Waals surface area contributed by atoms with Crippen molar-refractivity contribution >= 4 is 11.6 Å². The highest BCUT2D eigenvalue weighted by atomic mass is 35.5. The van der Waals surface area contributed by atoms with E-state index < -0.39 is 0 Å². The number of hydrogen-bond donors (Lipinski definition) is 0. The first-order valence-corrected chi connectivity index (χ1v) is 6.72. The molecule has 1 aromatic heterocycles. The molecular formula is C14H21ClN2. The highest BCUT2D eigenvalue weighted by Gasteiger charge is 2.27. The molecule has 0 atom stereocenters. The van der Waals surface area contributed by atoms with Gasteiger partial charge in [-0.2, -0.15) is 0 Å². The minimum atomic E-state index is 0.284. The van der Waals surface area contributed by atoms with Gasteiger partial charge in [0.15, 0.2) is 0 Å². The number of rotatable bonds is 1. The van der Waals surface area contributed by atoms with Gasteiger partial charge in [0.1, 0.15) is 5.15 Å². The van der Waals surface area contributed by atoms with E-state index in [-0.39, 0.29) is 5.54 Å². The zero-order valence-corrected chi connectivity index (χ0v) is 11.7. The minimum absolute atomic E-state index is 0.284. The Labute approximate surface area is 109 Å². The fourth-order valence-corrected chi connectivity index (χ4v) is 2.67. The molecule has 0 radical (unpaired) electrons. The van der Waals surface area contributed by atoms with E-state index in [1.54, 1.807) is 0 Å². The molecule has 0 aliphatic carbocycles. The molecule has 2 rings (SSSR count). The summed E-state index contributed by atoms with van der Waals surface area (Å²) in [4.78, 5) is 6.98. The third-order valence-electron chi connectivity index (χ3n) is 3.60. The lowest BCUT2D eigenvalue weighted by atomic mass is 9.90. The Bertz CT molecular complexity index is 376. The number of aromatic nitrogens is 1. The van der Waals surface area contributed by atoms with E-state index in [1.807, 2.05) is 12.1 Å².